The highest BCUT2D eigenvalue weighted by Gasteiger charge is 2.18. The second-order valence-electron chi connectivity index (χ2n) is 4.09. The zero-order valence-corrected chi connectivity index (χ0v) is 11.0. The molecule has 7 heteroatoms. The first-order valence-corrected chi connectivity index (χ1v) is 6.32. The fraction of sp³-hybridized carbons (Fsp3) is 0.364. The van der Waals surface area contributed by atoms with Crippen molar-refractivity contribution in [2.24, 2.45) is 0 Å². The molecule has 0 saturated heterocycles. The highest BCUT2D eigenvalue weighted by Crippen LogP contribution is 2.16. The minimum absolute atomic E-state index is 0.00617. The summed E-state index contributed by atoms with van der Waals surface area (Å²) in [4.78, 5) is 14.3. The number of hydrogen-bond acceptors (Lipinski definition) is 6. The average Bonchev–Trinajstić information content (AvgIpc) is 2.87. The van der Waals surface area contributed by atoms with Gasteiger partial charge in [0.2, 0.25) is 11.5 Å². The van der Waals surface area contributed by atoms with Gasteiger partial charge in [-0.25, -0.2) is 4.63 Å². The molecule has 1 unspecified atom stereocenters. The van der Waals surface area contributed by atoms with E-state index in [2.05, 4.69) is 39.3 Å². The molecule has 2 heterocycles. The summed E-state index contributed by atoms with van der Waals surface area (Å²) in [6.45, 7) is 3.98. The standard InChI is InChI=1S/C11H14N4O2S/c1-6(5-8-4-3-7(2)18-8)13-11(16)9-10(12)15-17-14-9/h3-4,6H,5H2,1-2H3,(H2,12,15)(H,13,16). The quantitative estimate of drug-likeness (QED) is 0.872. The smallest absolute Gasteiger partial charge is 0.277 e. The van der Waals surface area contributed by atoms with Gasteiger partial charge in [-0.2, -0.15) is 0 Å². The number of carbonyl (C=O) groups excluding carboxylic acids is 1. The first-order chi connectivity index (χ1) is 8.56. The van der Waals surface area contributed by atoms with E-state index >= 15 is 0 Å². The third-order valence-electron chi connectivity index (χ3n) is 2.41. The number of carbonyl (C=O) groups is 1. The van der Waals surface area contributed by atoms with Crippen LogP contribution in [0.1, 0.15) is 27.2 Å². The molecule has 96 valence electrons. The fourth-order valence-corrected chi connectivity index (χ4v) is 2.61. The number of rotatable bonds is 4. The Labute approximate surface area is 108 Å². The summed E-state index contributed by atoms with van der Waals surface area (Å²) in [5.74, 6) is -0.360. The minimum Gasteiger partial charge on any atom is -0.379 e. The van der Waals surface area contributed by atoms with E-state index < -0.39 is 0 Å². The number of thiophene rings is 1. The lowest BCUT2D eigenvalue weighted by molar-refractivity contribution is 0.0931. The molecule has 0 aliphatic carbocycles. The van der Waals surface area contributed by atoms with E-state index in [-0.39, 0.29) is 23.5 Å². The molecule has 0 bridgehead atoms. The van der Waals surface area contributed by atoms with Gasteiger partial charge < -0.3 is 11.1 Å². The summed E-state index contributed by atoms with van der Waals surface area (Å²) < 4.78 is 4.39. The molecule has 0 saturated carbocycles. The van der Waals surface area contributed by atoms with Crippen LogP contribution in [0.15, 0.2) is 16.8 Å². The molecular formula is C11H14N4O2S. The van der Waals surface area contributed by atoms with E-state index in [4.69, 9.17) is 5.73 Å². The Bertz CT molecular complexity index is 549. The van der Waals surface area contributed by atoms with Crippen LogP contribution in [-0.2, 0) is 6.42 Å². The van der Waals surface area contributed by atoms with E-state index in [1.807, 2.05) is 6.92 Å². The van der Waals surface area contributed by atoms with Crippen molar-refractivity contribution in [2.45, 2.75) is 26.3 Å². The highest BCUT2D eigenvalue weighted by molar-refractivity contribution is 7.11. The number of aromatic nitrogens is 2. The SMILES string of the molecule is Cc1ccc(CC(C)NC(=O)c2nonc2N)s1. The second kappa shape index (κ2) is 5.18. The fourth-order valence-electron chi connectivity index (χ4n) is 1.59. The summed E-state index contributed by atoms with van der Waals surface area (Å²) in [5, 5.41) is 9.63. The maximum atomic E-state index is 11.8. The van der Waals surface area contributed by atoms with Gasteiger partial charge in [-0.15, -0.1) is 11.3 Å². The van der Waals surface area contributed by atoms with E-state index in [0.29, 0.717) is 0 Å². The normalized spacial score (nSPS) is 12.3. The predicted octanol–water partition coefficient (Wildman–Crippen LogP) is 1.38. The maximum Gasteiger partial charge on any atom is 0.277 e. The summed E-state index contributed by atoms with van der Waals surface area (Å²) in [7, 11) is 0. The van der Waals surface area contributed by atoms with Gasteiger partial charge in [-0.1, -0.05) is 0 Å². The monoisotopic (exact) mass is 266 g/mol. The molecule has 2 rings (SSSR count). The number of nitrogens with zero attached hydrogens (tertiary/aromatic N) is 2. The van der Waals surface area contributed by atoms with E-state index in [9.17, 15) is 4.79 Å². The van der Waals surface area contributed by atoms with Crippen LogP contribution < -0.4 is 11.1 Å². The van der Waals surface area contributed by atoms with Crippen LogP contribution in [0.2, 0.25) is 0 Å². The van der Waals surface area contributed by atoms with Gasteiger partial charge in [0.15, 0.2) is 0 Å². The van der Waals surface area contributed by atoms with Gasteiger partial charge >= 0.3 is 0 Å². The molecule has 1 amide bonds. The number of nitrogen functional groups attached to an aromatic ring is 1. The molecule has 0 aliphatic rings. The Kier molecular flexibility index (Phi) is 3.61. The van der Waals surface area contributed by atoms with Crippen molar-refractivity contribution < 1.29 is 9.42 Å². The summed E-state index contributed by atoms with van der Waals surface area (Å²) in [6.07, 6.45) is 0.773. The van der Waals surface area contributed by atoms with Crippen LogP contribution in [0.3, 0.4) is 0 Å². The number of anilines is 1. The van der Waals surface area contributed by atoms with Crippen molar-refractivity contribution in [3.63, 3.8) is 0 Å². The molecule has 2 aromatic rings. The van der Waals surface area contributed by atoms with Gasteiger partial charge in [0.25, 0.3) is 5.91 Å². The van der Waals surface area contributed by atoms with Gasteiger partial charge in [-0.05, 0) is 36.3 Å². The molecule has 0 radical (unpaired) electrons. The van der Waals surface area contributed by atoms with Crippen LogP contribution >= 0.6 is 11.3 Å². The zero-order chi connectivity index (χ0) is 13.1. The molecule has 6 nitrogen and oxygen atoms in total. The number of amides is 1. The molecule has 0 aliphatic heterocycles. The summed E-state index contributed by atoms with van der Waals surface area (Å²) in [6, 6.07) is 4.12. The number of nitrogens with one attached hydrogen (secondary N) is 1. The van der Waals surface area contributed by atoms with E-state index in [1.54, 1.807) is 11.3 Å². The molecule has 0 fully saturated rings. The third-order valence-corrected chi connectivity index (χ3v) is 3.43. The van der Waals surface area contributed by atoms with Crippen LogP contribution in [0.5, 0.6) is 0 Å². The lowest BCUT2D eigenvalue weighted by Gasteiger charge is -2.11. The van der Waals surface area contributed by atoms with Gasteiger partial charge in [0, 0.05) is 22.2 Å². The van der Waals surface area contributed by atoms with Gasteiger partial charge in [0.05, 0.1) is 0 Å². The molecule has 1 atom stereocenters. The molecule has 18 heavy (non-hydrogen) atoms. The summed E-state index contributed by atoms with van der Waals surface area (Å²) >= 11 is 1.72. The van der Waals surface area contributed by atoms with Crippen LogP contribution in [0.25, 0.3) is 0 Å². The van der Waals surface area contributed by atoms with Crippen molar-refractivity contribution in [2.75, 3.05) is 5.73 Å². The van der Waals surface area contributed by atoms with Crippen LogP contribution in [0.4, 0.5) is 5.82 Å². The molecule has 0 aromatic carbocycles. The Balaban J connectivity index is 1.93. The van der Waals surface area contributed by atoms with Crippen molar-refractivity contribution in [1.29, 1.82) is 0 Å². The van der Waals surface area contributed by atoms with Crippen molar-refractivity contribution in [1.82, 2.24) is 15.6 Å². The van der Waals surface area contributed by atoms with Crippen LogP contribution in [0, 0.1) is 6.92 Å². The Morgan fingerprint density at radius 2 is 2.33 bits per heavy atom. The lowest BCUT2D eigenvalue weighted by Crippen LogP contribution is -2.34. The lowest BCUT2D eigenvalue weighted by atomic mass is 10.2. The molecule has 0 spiro atoms. The first-order valence-electron chi connectivity index (χ1n) is 5.50. The van der Waals surface area contributed by atoms with Gasteiger partial charge in [0.1, 0.15) is 0 Å². The van der Waals surface area contributed by atoms with Crippen molar-refractivity contribution in [3.05, 3.63) is 27.6 Å². The van der Waals surface area contributed by atoms with E-state index in [0.717, 1.165) is 6.42 Å². The third kappa shape index (κ3) is 2.86. The average molecular weight is 266 g/mol. The Morgan fingerprint density at radius 1 is 1.56 bits per heavy atom. The predicted molar refractivity (Wildman–Crippen MR) is 68.4 cm³/mol. The zero-order valence-electron chi connectivity index (χ0n) is 10.1. The Morgan fingerprint density at radius 3 is 2.89 bits per heavy atom. The van der Waals surface area contributed by atoms with Gasteiger partial charge in [-0.3, -0.25) is 4.79 Å². The van der Waals surface area contributed by atoms with E-state index in [1.165, 1.54) is 9.75 Å². The minimum atomic E-state index is -0.366. The molecular weight excluding hydrogens is 252 g/mol. The topological polar surface area (TPSA) is 94.0 Å². The summed E-state index contributed by atoms with van der Waals surface area (Å²) in [5.41, 5.74) is 5.48. The largest absolute Gasteiger partial charge is 0.379 e. The highest BCUT2D eigenvalue weighted by atomic mass is 32.1. The molecule has 3 N–H and O–H groups in total. The maximum absolute atomic E-state index is 11.8. The molecule has 2 aromatic heterocycles. The first kappa shape index (κ1) is 12.6. The number of aryl methyl sites for hydroxylation is 1. The van der Waals surface area contributed by atoms with Crippen LogP contribution in [-0.4, -0.2) is 22.3 Å². The second-order valence-corrected chi connectivity index (χ2v) is 5.46. The van der Waals surface area contributed by atoms with Crippen molar-refractivity contribution in [3.8, 4) is 0 Å². The van der Waals surface area contributed by atoms with Crippen molar-refractivity contribution >= 4 is 23.1 Å². The Hall–Kier alpha value is -1.89. The number of hydrogen-bond donors (Lipinski definition) is 2. The number of nitrogens with two attached hydrogens (primary N) is 1.